The predicted octanol–water partition coefficient (Wildman–Crippen LogP) is 5.37. The van der Waals surface area contributed by atoms with Gasteiger partial charge in [-0.2, -0.15) is 0 Å². The standard InChI is InChI=1S/C21H19ClN2O/c1-15-11-12-20(18(22)13-15)23-14-21(25)24-19-10-6-5-9-17(19)16-7-3-2-4-8-16/h2-13,23H,14H2,1H3,(H,24,25). The number of nitrogens with one attached hydrogen (secondary N) is 2. The number of hydrogen-bond donors (Lipinski definition) is 2. The number of carbonyl (C=O) groups is 1. The Labute approximate surface area is 152 Å². The Morgan fingerprint density at radius 1 is 0.920 bits per heavy atom. The smallest absolute Gasteiger partial charge is 0.243 e. The Morgan fingerprint density at radius 2 is 1.64 bits per heavy atom. The molecule has 0 saturated heterocycles. The number of amides is 1. The lowest BCUT2D eigenvalue weighted by Crippen LogP contribution is -2.22. The van der Waals surface area contributed by atoms with Gasteiger partial charge in [-0.15, -0.1) is 0 Å². The minimum Gasteiger partial charge on any atom is -0.375 e. The van der Waals surface area contributed by atoms with Crippen molar-refractivity contribution < 1.29 is 4.79 Å². The summed E-state index contributed by atoms with van der Waals surface area (Å²) in [6, 6.07) is 23.4. The Hall–Kier alpha value is -2.78. The first-order valence-electron chi connectivity index (χ1n) is 8.08. The second-order valence-electron chi connectivity index (χ2n) is 5.80. The fraction of sp³-hybridized carbons (Fsp3) is 0.0952. The highest BCUT2D eigenvalue weighted by Crippen LogP contribution is 2.27. The summed E-state index contributed by atoms with van der Waals surface area (Å²) in [4.78, 5) is 12.3. The predicted molar refractivity (Wildman–Crippen MR) is 105 cm³/mol. The maximum Gasteiger partial charge on any atom is 0.243 e. The van der Waals surface area contributed by atoms with Crippen LogP contribution in [0.3, 0.4) is 0 Å². The molecule has 3 aromatic rings. The summed E-state index contributed by atoms with van der Waals surface area (Å²) < 4.78 is 0. The SMILES string of the molecule is Cc1ccc(NCC(=O)Nc2ccccc2-c2ccccc2)c(Cl)c1. The van der Waals surface area contributed by atoms with Crippen LogP contribution in [0.5, 0.6) is 0 Å². The van der Waals surface area contributed by atoms with Gasteiger partial charge in [0.1, 0.15) is 0 Å². The number of carbonyl (C=O) groups excluding carboxylic acids is 1. The van der Waals surface area contributed by atoms with E-state index in [0.29, 0.717) is 5.02 Å². The summed E-state index contributed by atoms with van der Waals surface area (Å²) in [6.45, 7) is 2.12. The van der Waals surface area contributed by atoms with Crippen molar-refractivity contribution in [3.63, 3.8) is 0 Å². The lowest BCUT2D eigenvalue weighted by Gasteiger charge is -2.13. The summed E-state index contributed by atoms with van der Waals surface area (Å²) in [5.41, 5.74) is 4.67. The van der Waals surface area contributed by atoms with Gasteiger partial charge >= 0.3 is 0 Å². The minimum atomic E-state index is -0.125. The van der Waals surface area contributed by atoms with Crippen LogP contribution in [0.4, 0.5) is 11.4 Å². The van der Waals surface area contributed by atoms with Crippen LogP contribution in [0.1, 0.15) is 5.56 Å². The first kappa shape index (κ1) is 17.1. The van der Waals surface area contributed by atoms with Gasteiger partial charge in [0.25, 0.3) is 0 Å². The number of hydrogen-bond acceptors (Lipinski definition) is 2. The van der Waals surface area contributed by atoms with E-state index in [1.54, 1.807) is 0 Å². The number of para-hydroxylation sites is 1. The second-order valence-corrected chi connectivity index (χ2v) is 6.20. The van der Waals surface area contributed by atoms with E-state index in [9.17, 15) is 4.79 Å². The maximum absolute atomic E-state index is 12.3. The molecule has 0 fully saturated rings. The molecule has 0 unspecified atom stereocenters. The Morgan fingerprint density at radius 3 is 2.40 bits per heavy atom. The van der Waals surface area contributed by atoms with E-state index >= 15 is 0 Å². The van der Waals surface area contributed by atoms with Gasteiger partial charge in [0.05, 0.1) is 17.3 Å². The molecule has 0 radical (unpaired) electrons. The number of benzene rings is 3. The summed E-state index contributed by atoms with van der Waals surface area (Å²) in [5, 5.41) is 6.65. The largest absolute Gasteiger partial charge is 0.375 e. The molecule has 1 amide bonds. The van der Waals surface area contributed by atoms with Crippen molar-refractivity contribution in [1.29, 1.82) is 0 Å². The van der Waals surface area contributed by atoms with Crippen LogP contribution in [0.25, 0.3) is 11.1 Å². The van der Waals surface area contributed by atoms with Gasteiger partial charge in [-0.3, -0.25) is 4.79 Å². The maximum atomic E-state index is 12.3. The zero-order valence-corrected chi connectivity index (χ0v) is 14.7. The quantitative estimate of drug-likeness (QED) is 0.649. The molecule has 2 N–H and O–H groups in total. The summed E-state index contributed by atoms with van der Waals surface area (Å²) in [7, 11) is 0. The van der Waals surface area contributed by atoms with E-state index in [4.69, 9.17) is 11.6 Å². The van der Waals surface area contributed by atoms with Crippen LogP contribution >= 0.6 is 11.6 Å². The number of anilines is 2. The molecular formula is C21H19ClN2O. The molecule has 0 bridgehead atoms. The fourth-order valence-electron chi connectivity index (χ4n) is 2.59. The molecule has 0 atom stereocenters. The molecule has 0 aliphatic heterocycles. The number of halogens is 1. The molecule has 25 heavy (non-hydrogen) atoms. The first-order chi connectivity index (χ1) is 12.1. The van der Waals surface area contributed by atoms with Gasteiger partial charge in [0.15, 0.2) is 0 Å². The zero-order valence-electron chi connectivity index (χ0n) is 13.9. The highest BCUT2D eigenvalue weighted by molar-refractivity contribution is 6.33. The van der Waals surface area contributed by atoms with Crippen molar-refractivity contribution in [3.05, 3.63) is 83.4 Å². The van der Waals surface area contributed by atoms with Gasteiger partial charge in [-0.1, -0.05) is 66.2 Å². The molecular weight excluding hydrogens is 332 g/mol. The molecule has 4 heteroatoms. The third-order valence-corrected chi connectivity index (χ3v) is 4.16. The van der Waals surface area contributed by atoms with Crippen molar-refractivity contribution in [3.8, 4) is 11.1 Å². The molecule has 0 aliphatic carbocycles. The third-order valence-electron chi connectivity index (χ3n) is 3.85. The van der Waals surface area contributed by atoms with Crippen molar-refractivity contribution in [2.24, 2.45) is 0 Å². The lowest BCUT2D eigenvalue weighted by molar-refractivity contribution is -0.114. The zero-order chi connectivity index (χ0) is 17.6. The highest BCUT2D eigenvalue weighted by Gasteiger charge is 2.09. The summed E-state index contributed by atoms with van der Waals surface area (Å²) in [6.07, 6.45) is 0. The first-order valence-corrected chi connectivity index (χ1v) is 8.45. The molecule has 126 valence electrons. The second kappa shape index (κ2) is 7.86. The molecule has 0 saturated carbocycles. The van der Waals surface area contributed by atoms with Crippen molar-refractivity contribution >= 4 is 28.9 Å². The summed E-state index contributed by atoms with van der Waals surface area (Å²) in [5.74, 6) is -0.125. The Kier molecular flexibility index (Phi) is 5.36. The topological polar surface area (TPSA) is 41.1 Å². The molecule has 0 spiro atoms. The van der Waals surface area contributed by atoms with Gasteiger partial charge in [-0.05, 0) is 36.2 Å². The van der Waals surface area contributed by atoms with E-state index in [2.05, 4.69) is 10.6 Å². The Bertz CT molecular complexity index is 878. The lowest BCUT2D eigenvalue weighted by atomic mass is 10.0. The summed E-state index contributed by atoms with van der Waals surface area (Å²) >= 11 is 6.18. The van der Waals surface area contributed by atoms with Crippen LogP contribution in [-0.4, -0.2) is 12.5 Å². The Balaban J connectivity index is 1.69. The number of rotatable bonds is 5. The average Bonchev–Trinajstić information content (AvgIpc) is 2.62. The van der Waals surface area contributed by atoms with Crippen LogP contribution in [0.15, 0.2) is 72.8 Å². The molecule has 0 heterocycles. The van der Waals surface area contributed by atoms with Crippen LogP contribution in [0.2, 0.25) is 5.02 Å². The number of aryl methyl sites for hydroxylation is 1. The van der Waals surface area contributed by atoms with Crippen LogP contribution in [-0.2, 0) is 4.79 Å². The molecule has 3 nitrogen and oxygen atoms in total. The average molecular weight is 351 g/mol. The van der Waals surface area contributed by atoms with E-state index in [1.807, 2.05) is 79.7 Å². The van der Waals surface area contributed by atoms with Crippen LogP contribution < -0.4 is 10.6 Å². The molecule has 0 aliphatic rings. The van der Waals surface area contributed by atoms with Gasteiger partial charge in [0, 0.05) is 11.3 Å². The van der Waals surface area contributed by atoms with Crippen molar-refractivity contribution in [2.45, 2.75) is 6.92 Å². The van der Waals surface area contributed by atoms with E-state index in [-0.39, 0.29) is 12.5 Å². The molecule has 0 aromatic heterocycles. The minimum absolute atomic E-state index is 0.125. The molecule has 3 rings (SSSR count). The normalized spacial score (nSPS) is 10.3. The van der Waals surface area contributed by atoms with E-state index < -0.39 is 0 Å². The molecule has 3 aromatic carbocycles. The highest BCUT2D eigenvalue weighted by atomic mass is 35.5. The van der Waals surface area contributed by atoms with Crippen molar-refractivity contribution in [1.82, 2.24) is 0 Å². The van der Waals surface area contributed by atoms with Crippen molar-refractivity contribution in [2.75, 3.05) is 17.2 Å². The van der Waals surface area contributed by atoms with Crippen LogP contribution in [0, 0.1) is 6.92 Å². The van der Waals surface area contributed by atoms with Gasteiger partial charge < -0.3 is 10.6 Å². The van der Waals surface area contributed by atoms with E-state index in [1.165, 1.54) is 0 Å². The fourth-order valence-corrected chi connectivity index (χ4v) is 2.90. The van der Waals surface area contributed by atoms with Gasteiger partial charge in [-0.25, -0.2) is 0 Å². The monoisotopic (exact) mass is 350 g/mol. The van der Waals surface area contributed by atoms with E-state index in [0.717, 1.165) is 28.1 Å². The third kappa shape index (κ3) is 4.40. The van der Waals surface area contributed by atoms with Gasteiger partial charge in [0.2, 0.25) is 5.91 Å².